The first-order valence-electron chi connectivity index (χ1n) is 3.07. The van der Waals surface area contributed by atoms with Crippen molar-refractivity contribution in [1.82, 2.24) is 0 Å². The summed E-state index contributed by atoms with van der Waals surface area (Å²) in [5, 5.41) is 16.8. The van der Waals surface area contributed by atoms with Crippen molar-refractivity contribution in [1.29, 1.82) is 5.26 Å². The second-order valence-electron chi connectivity index (χ2n) is 2.15. The Hall–Kier alpha value is -1.53. The largest absolute Gasteiger partial charge is 0.508 e. The Morgan fingerprint density at radius 3 is 2.67 bits per heavy atom. The van der Waals surface area contributed by atoms with Crippen LogP contribution in [-0.2, 0) is 0 Å². The molecule has 12 heavy (non-hydrogen) atoms. The van der Waals surface area contributed by atoms with Crippen molar-refractivity contribution in [3.63, 3.8) is 0 Å². The highest BCUT2D eigenvalue weighted by Gasteiger charge is 2.04. The molecule has 0 amide bonds. The van der Waals surface area contributed by atoms with E-state index >= 15 is 0 Å². The van der Waals surface area contributed by atoms with Crippen LogP contribution in [0.3, 0.4) is 0 Å². The number of carbonyl (C=O) groups is 1. The maximum absolute atomic E-state index is 10.6. The van der Waals surface area contributed by atoms with Crippen LogP contribution in [0.4, 0.5) is 0 Å². The molecule has 0 saturated heterocycles. The predicted octanol–water partition coefficient (Wildman–Crippen LogP) is 1.64. The van der Waals surface area contributed by atoms with Gasteiger partial charge < -0.3 is 5.11 Å². The molecule has 0 aliphatic carbocycles. The van der Waals surface area contributed by atoms with Gasteiger partial charge in [0.25, 0.3) is 5.24 Å². The molecule has 0 spiro atoms. The zero-order chi connectivity index (χ0) is 9.14. The van der Waals surface area contributed by atoms with E-state index in [2.05, 4.69) is 0 Å². The first-order chi connectivity index (χ1) is 5.63. The highest BCUT2D eigenvalue weighted by molar-refractivity contribution is 6.67. The van der Waals surface area contributed by atoms with E-state index in [4.69, 9.17) is 22.0 Å². The van der Waals surface area contributed by atoms with Gasteiger partial charge in [-0.15, -0.1) is 0 Å². The third-order valence-corrected chi connectivity index (χ3v) is 1.49. The third kappa shape index (κ3) is 1.74. The summed E-state index contributed by atoms with van der Waals surface area (Å²) in [4.78, 5) is 10.6. The van der Waals surface area contributed by atoms with E-state index in [0.717, 1.165) is 0 Å². The SMILES string of the molecule is N#Cc1cc(O)cc(C(=O)Cl)c1. The number of benzene rings is 1. The summed E-state index contributed by atoms with van der Waals surface area (Å²) in [6, 6.07) is 5.56. The van der Waals surface area contributed by atoms with Crippen molar-refractivity contribution in [3.8, 4) is 11.8 Å². The minimum absolute atomic E-state index is 0.119. The zero-order valence-corrected chi connectivity index (χ0v) is 6.67. The van der Waals surface area contributed by atoms with Crippen molar-refractivity contribution in [2.45, 2.75) is 0 Å². The molecule has 1 aromatic carbocycles. The molecule has 0 aliphatic heterocycles. The number of phenols is 1. The number of hydrogen-bond donors (Lipinski definition) is 1. The van der Waals surface area contributed by atoms with Crippen molar-refractivity contribution in [2.24, 2.45) is 0 Å². The summed E-state index contributed by atoms with van der Waals surface area (Å²) in [5.74, 6) is -0.141. The summed E-state index contributed by atoms with van der Waals surface area (Å²) in [7, 11) is 0. The molecule has 4 heteroatoms. The van der Waals surface area contributed by atoms with Crippen LogP contribution in [0.5, 0.6) is 5.75 Å². The lowest BCUT2D eigenvalue weighted by Gasteiger charge is -1.96. The van der Waals surface area contributed by atoms with E-state index in [1.165, 1.54) is 18.2 Å². The Bertz CT molecular complexity index is 368. The van der Waals surface area contributed by atoms with E-state index in [1.807, 2.05) is 0 Å². The van der Waals surface area contributed by atoms with Gasteiger partial charge in [0.05, 0.1) is 11.6 Å². The van der Waals surface area contributed by atoms with Crippen molar-refractivity contribution >= 4 is 16.8 Å². The summed E-state index contributed by atoms with van der Waals surface area (Å²) < 4.78 is 0. The molecule has 0 unspecified atom stereocenters. The van der Waals surface area contributed by atoms with Crippen molar-refractivity contribution in [3.05, 3.63) is 29.3 Å². The van der Waals surface area contributed by atoms with Crippen molar-refractivity contribution in [2.75, 3.05) is 0 Å². The van der Waals surface area contributed by atoms with Crippen LogP contribution in [-0.4, -0.2) is 10.3 Å². The van der Waals surface area contributed by atoms with Crippen LogP contribution in [0.2, 0.25) is 0 Å². The highest BCUT2D eigenvalue weighted by atomic mass is 35.5. The topological polar surface area (TPSA) is 61.1 Å². The fraction of sp³-hybridized carbons (Fsp3) is 0. The van der Waals surface area contributed by atoms with Crippen LogP contribution in [0.1, 0.15) is 15.9 Å². The van der Waals surface area contributed by atoms with Gasteiger partial charge in [-0.1, -0.05) is 0 Å². The molecule has 0 saturated carbocycles. The number of nitriles is 1. The molecule has 0 fully saturated rings. The summed E-state index contributed by atoms with van der Waals surface area (Å²) in [6.45, 7) is 0. The molecule has 0 bridgehead atoms. The monoisotopic (exact) mass is 181 g/mol. The van der Waals surface area contributed by atoms with E-state index in [9.17, 15) is 4.79 Å². The number of nitrogens with zero attached hydrogens (tertiary/aromatic N) is 1. The molecule has 1 rings (SSSR count). The third-order valence-electron chi connectivity index (χ3n) is 1.27. The van der Waals surface area contributed by atoms with E-state index in [0.29, 0.717) is 0 Å². The smallest absolute Gasteiger partial charge is 0.252 e. The number of hydrogen-bond acceptors (Lipinski definition) is 3. The van der Waals surface area contributed by atoms with Gasteiger partial charge >= 0.3 is 0 Å². The van der Waals surface area contributed by atoms with Gasteiger partial charge in [0, 0.05) is 5.56 Å². The normalized spacial score (nSPS) is 9.00. The van der Waals surface area contributed by atoms with Gasteiger partial charge in [0.2, 0.25) is 0 Å². The van der Waals surface area contributed by atoms with E-state index in [-0.39, 0.29) is 16.9 Å². The Kier molecular flexibility index (Phi) is 2.32. The first-order valence-corrected chi connectivity index (χ1v) is 3.45. The lowest BCUT2D eigenvalue weighted by molar-refractivity contribution is 0.108. The quantitative estimate of drug-likeness (QED) is 0.670. The van der Waals surface area contributed by atoms with Gasteiger partial charge in [0.1, 0.15) is 5.75 Å². The average molecular weight is 182 g/mol. The molecule has 1 N–H and O–H groups in total. The van der Waals surface area contributed by atoms with Crippen LogP contribution in [0.25, 0.3) is 0 Å². The van der Waals surface area contributed by atoms with Crippen LogP contribution < -0.4 is 0 Å². The van der Waals surface area contributed by atoms with Crippen LogP contribution >= 0.6 is 11.6 Å². The lowest BCUT2D eigenvalue weighted by Crippen LogP contribution is -1.89. The van der Waals surface area contributed by atoms with Crippen LogP contribution in [0.15, 0.2) is 18.2 Å². The van der Waals surface area contributed by atoms with Gasteiger partial charge in [-0.3, -0.25) is 4.79 Å². The number of rotatable bonds is 1. The summed E-state index contributed by atoms with van der Waals surface area (Å²) in [5.41, 5.74) is 0.326. The maximum Gasteiger partial charge on any atom is 0.252 e. The second-order valence-corrected chi connectivity index (χ2v) is 2.50. The number of phenolic OH excluding ortho intramolecular Hbond substituents is 1. The Balaban J connectivity index is 3.26. The summed E-state index contributed by atoms with van der Waals surface area (Å²) >= 11 is 5.14. The number of carbonyl (C=O) groups excluding carboxylic acids is 1. The molecular formula is C8H4ClNO2. The van der Waals surface area contributed by atoms with Crippen LogP contribution in [0, 0.1) is 11.3 Å². The van der Waals surface area contributed by atoms with Gasteiger partial charge in [0.15, 0.2) is 0 Å². The predicted molar refractivity (Wildman–Crippen MR) is 43.0 cm³/mol. The molecule has 60 valence electrons. The second kappa shape index (κ2) is 3.24. The molecule has 3 nitrogen and oxygen atoms in total. The van der Waals surface area contributed by atoms with Crippen molar-refractivity contribution < 1.29 is 9.90 Å². The molecule has 0 aromatic heterocycles. The fourth-order valence-electron chi connectivity index (χ4n) is 0.789. The van der Waals surface area contributed by atoms with E-state index in [1.54, 1.807) is 6.07 Å². The standard InChI is InChI=1S/C8H4ClNO2/c9-8(12)6-1-5(4-10)2-7(11)3-6/h1-3,11H. The summed E-state index contributed by atoms with van der Waals surface area (Å²) in [6.07, 6.45) is 0. The minimum Gasteiger partial charge on any atom is -0.508 e. The molecule has 0 radical (unpaired) electrons. The molecule has 0 atom stereocenters. The highest BCUT2D eigenvalue weighted by Crippen LogP contribution is 2.16. The molecule has 0 heterocycles. The fourth-order valence-corrected chi connectivity index (χ4v) is 0.898. The molecule has 0 aliphatic rings. The van der Waals surface area contributed by atoms with Gasteiger partial charge in [-0.2, -0.15) is 5.26 Å². The average Bonchev–Trinajstić information content (AvgIpc) is 2.03. The van der Waals surface area contributed by atoms with E-state index < -0.39 is 5.24 Å². The van der Waals surface area contributed by atoms with Gasteiger partial charge in [-0.05, 0) is 29.8 Å². The maximum atomic E-state index is 10.6. The molecular weight excluding hydrogens is 178 g/mol. The Labute approximate surface area is 73.8 Å². The lowest BCUT2D eigenvalue weighted by atomic mass is 10.1. The number of halogens is 1. The van der Waals surface area contributed by atoms with Gasteiger partial charge in [-0.25, -0.2) is 0 Å². The Morgan fingerprint density at radius 1 is 1.50 bits per heavy atom. The Morgan fingerprint density at radius 2 is 2.17 bits per heavy atom. The minimum atomic E-state index is -0.692. The zero-order valence-electron chi connectivity index (χ0n) is 5.91. The first kappa shape index (κ1) is 8.57. The number of aromatic hydroxyl groups is 1. The molecule has 1 aromatic rings.